The van der Waals surface area contributed by atoms with Crippen LogP contribution in [-0.2, 0) is 0 Å². The minimum atomic E-state index is -0.131. The van der Waals surface area contributed by atoms with Crippen molar-refractivity contribution >= 4 is 34.6 Å². The highest BCUT2D eigenvalue weighted by Gasteiger charge is 2.07. The zero-order valence-corrected chi connectivity index (χ0v) is 12.3. The van der Waals surface area contributed by atoms with Crippen molar-refractivity contribution in [3.05, 3.63) is 22.4 Å². The highest BCUT2D eigenvalue weighted by Crippen LogP contribution is 2.07. The van der Waals surface area contributed by atoms with Gasteiger partial charge in [0.25, 0.3) is 5.91 Å². The fourth-order valence-electron chi connectivity index (χ4n) is 1.55. The second kappa shape index (κ2) is 9.05. The summed E-state index contributed by atoms with van der Waals surface area (Å²) in [6.45, 7) is 3.03. The summed E-state index contributed by atoms with van der Waals surface area (Å²) in [6, 6.07) is 3.64. The molecule has 18 heavy (non-hydrogen) atoms. The van der Waals surface area contributed by atoms with Crippen LogP contribution < -0.4 is 10.6 Å². The van der Waals surface area contributed by atoms with Crippen molar-refractivity contribution in [2.24, 2.45) is 0 Å². The molecule has 3 nitrogen and oxygen atoms in total. The van der Waals surface area contributed by atoms with Crippen LogP contribution in [0.1, 0.15) is 48.7 Å². The van der Waals surface area contributed by atoms with Gasteiger partial charge in [0.15, 0.2) is 5.11 Å². The lowest BCUT2D eigenvalue weighted by Crippen LogP contribution is -2.39. The second-order valence-electron chi connectivity index (χ2n) is 4.10. The van der Waals surface area contributed by atoms with E-state index in [-0.39, 0.29) is 5.91 Å². The molecule has 1 aromatic rings. The van der Waals surface area contributed by atoms with Gasteiger partial charge in [-0.3, -0.25) is 10.1 Å². The number of nitrogens with one attached hydrogen (secondary N) is 2. The SMILES string of the molecule is CCCCCCCNC(=S)NC(=O)c1cccs1. The van der Waals surface area contributed by atoms with Crippen LogP contribution in [0.3, 0.4) is 0 Å². The van der Waals surface area contributed by atoms with Gasteiger partial charge >= 0.3 is 0 Å². The van der Waals surface area contributed by atoms with Crippen molar-refractivity contribution in [1.82, 2.24) is 10.6 Å². The number of hydrogen-bond acceptors (Lipinski definition) is 3. The first-order valence-corrected chi connectivity index (χ1v) is 7.65. The fourth-order valence-corrected chi connectivity index (χ4v) is 2.36. The molecule has 0 aliphatic heterocycles. The van der Waals surface area contributed by atoms with E-state index in [1.54, 1.807) is 6.07 Å². The van der Waals surface area contributed by atoms with E-state index in [0.29, 0.717) is 9.99 Å². The van der Waals surface area contributed by atoms with Crippen LogP contribution in [0, 0.1) is 0 Å². The molecule has 100 valence electrons. The number of amides is 1. The summed E-state index contributed by atoms with van der Waals surface area (Å²) in [5.74, 6) is -0.131. The topological polar surface area (TPSA) is 41.1 Å². The smallest absolute Gasteiger partial charge is 0.267 e. The molecule has 0 aliphatic rings. The zero-order valence-electron chi connectivity index (χ0n) is 10.7. The third kappa shape index (κ3) is 6.12. The maximum atomic E-state index is 11.7. The molecule has 1 aromatic heterocycles. The molecule has 1 heterocycles. The predicted octanol–water partition coefficient (Wildman–Crippen LogP) is 3.32. The van der Waals surface area contributed by atoms with E-state index >= 15 is 0 Å². The molecule has 0 saturated carbocycles. The lowest BCUT2D eigenvalue weighted by Gasteiger charge is -2.08. The third-order valence-corrected chi connectivity index (χ3v) is 3.65. The third-order valence-electron chi connectivity index (χ3n) is 2.54. The van der Waals surface area contributed by atoms with Gasteiger partial charge in [0, 0.05) is 6.54 Å². The summed E-state index contributed by atoms with van der Waals surface area (Å²) in [7, 11) is 0. The van der Waals surface area contributed by atoms with Crippen molar-refractivity contribution in [3.63, 3.8) is 0 Å². The summed E-state index contributed by atoms with van der Waals surface area (Å²) in [5, 5.41) is 8.03. The maximum absolute atomic E-state index is 11.7. The van der Waals surface area contributed by atoms with Crippen LogP contribution in [0.15, 0.2) is 17.5 Å². The van der Waals surface area contributed by atoms with Crippen LogP contribution in [0.4, 0.5) is 0 Å². The Balaban J connectivity index is 2.09. The lowest BCUT2D eigenvalue weighted by molar-refractivity contribution is 0.0980. The molecule has 1 amide bonds. The average molecular weight is 284 g/mol. The molecular weight excluding hydrogens is 264 g/mol. The van der Waals surface area contributed by atoms with Crippen LogP contribution in [0.5, 0.6) is 0 Å². The second-order valence-corrected chi connectivity index (χ2v) is 5.46. The van der Waals surface area contributed by atoms with Crippen molar-refractivity contribution in [2.45, 2.75) is 39.0 Å². The lowest BCUT2D eigenvalue weighted by atomic mass is 10.1. The van der Waals surface area contributed by atoms with Gasteiger partial charge < -0.3 is 5.32 Å². The van der Waals surface area contributed by atoms with Gasteiger partial charge in [-0.25, -0.2) is 0 Å². The van der Waals surface area contributed by atoms with Gasteiger partial charge in [-0.2, -0.15) is 0 Å². The minimum absolute atomic E-state index is 0.131. The molecule has 0 spiro atoms. The number of thiophene rings is 1. The van der Waals surface area contributed by atoms with E-state index in [1.807, 2.05) is 11.4 Å². The van der Waals surface area contributed by atoms with E-state index in [1.165, 1.54) is 37.0 Å². The Morgan fingerprint density at radius 3 is 2.78 bits per heavy atom. The highest BCUT2D eigenvalue weighted by atomic mass is 32.1. The summed E-state index contributed by atoms with van der Waals surface area (Å²) in [4.78, 5) is 12.3. The molecule has 5 heteroatoms. The summed E-state index contributed by atoms with van der Waals surface area (Å²) >= 11 is 6.48. The molecule has 0 saturated heterocycles. The summed E-state index contributed by atoms with van der Waals surface area (Å²) in [5.41, 5.74) is 0. The van der Waals surface area contributed by atoms with Crippen LogP contribution in [0.2, 0.25) is 0 Å². The Kier molecular flexibility index (Phi) is 7.60. The Bertz CT molecular complexity index is 363. The molecular formula is C13H20N2OS2. The van der Waals surface area contributed by atoms with Gasteiger partial charge in [0.2, 0.25) is 0 Å². The number of carbonyl (C=O) groups is 1. The Morgan fingerprint density at radius 2 is 2.11 bits per heavy atom. The Morgan fingerprint density at radius 1 is 1.33 bits per heavy atom. The highest BCUT2D eigenvalue weighted by molar-refractivity contribution is 7.80. The molecule has 0 aromatic carbocycles. The first-order chi connectivity index (χ1) is 8.74. The summed E-state index contributed by atoms with van der Waals surface area (Å²) in [6.07, 6.45) is 6.12. The Hall–Kier alpha value is -0.940. The van der Waals surface area contributed by atoms with Crippen LogP contribution in [-0.4, -0.2) is 17.6 Å². The van der Waals surface area contributed by atoms with E-state index in [4.69, 9.17) is 12.2 Å². The van der Waals surface area contributed by atoms with E-state index in [2.05, 4.69) is 17.6 Å². The average Bonchev–Trinajstić information content (AvgIpc) is 2.87. The summed E-state index contributed by atoms with van der Waals surface area (Å²) < 4.78 is 0. The molecule has 0 unspecified atom stereocenters. The molecule has 0 bridgehead atoms. The number of unbranched alkanes of at least 4 members (excludes halogenated alkanes) is 4. The quantitative estimate of drug-likeness (QED) is 0.596. The largest absolute Gasteiger partial charge is 0.362 e. The fraction of sp³-hybridized carbons (Fsp3) is 0.538. The molecule has 0 fully saturated rings. The number of rotatable bonds is 7. The number of hydrogen-bond donors (Lipinski definition) is 2. The first kappa shape index (κ1) is 15.1. The predicted molar refractivity (Wildman–Crippen MR) is 81.1 cm³/mol. The van der Waals surface area contributed by atoms with Crippen LogP contribution >= 0.6 is 23.6 Å². The molecule has 0 radical (unpaired) electrons. The van der Waals surface area contributed by atoms with Crippen molar-refractivity contribution in [3.8, 4) is 0 Å². The number of thiocarbonyl (C=S) groups is 1. The maximum Gasteiger partial charge on any atom is 0.267 e. The minimum Gasteiger partial charge on any atom is -0.362 e. The molecule has 0 aliphatic carbocycles. The molecule has 1 rings (SSSR count). The first-order valence-electron chi connectivity index (χ1n) is 6.36. The van der Waals surface area contributed by atoms with Crippen molar-refractivity contribution < 1.29 is 4.79 Å². The zero-order chi connectivity index (χ0) is 13.2. The van der Waals surface area contributed by atoms with E-state index < -0.39 is 0 Å². The molecule has 2 N–H and O–H groups in total. The monoisotopic (exact) mass is 284 g/mol. The number of carbonyl (C=O) groups excluding carboxylic acids is 1. The normalized spacial score (nSPS) is 10.1. The van der Waals surface area contributed by atoms with Gasteiger partial charge in [-0.15, -0.1) is 11.3 Å². The van der Waals surface area contributed by atoms with E-state index in [9.17, 15) is 4.79 Å². The van der Waals surface area contributed by atoms with Gasteiger partial charge in [-0.1, -0.05) is 38.7 Å². The van der Waals surface area contributed by atoms with Crippen LogP contribution in [0.25, 0.3) is 0 Å². The standard InChI is InChI=1S/C13H20N2OS2/c1-2-3-4-5-6-9-14-13(17)15-12(16)11-8-7-10-18-11/h7-8,10H,2-6,9H2,1H3,(H2,14,15,16,17). The molecule has 0 atom stereocenters. The van der Waals surface area contributed by atoms with E-state index in [0.717, 1.165) is 13.0 Å². The van der Waals surface area contributed by atoms with Crippen molar-refractivity contribution in [1.29, 1.82) is 0 Å². The van der Waals surface area contributed by atoms with Gasteiger partial charge in [0.05, 0.1) is 4.88 Å². The van der Waals surface area contributed by atoms with Gasteiger partial charge in [0.1, 0.15) is 0 Å². The Labute approximate surface area is 118 Å². The van der Waals surface area contributed by atoms with Gasteiger partial charge in [-0.05, 0) is 30.1 Å². The van der Waals surface area contributed by atoms with Crippen molar-refractivity contribution in [2.75, 3.05) is 6.54 Å².